The first kappa shape index (κ1) is 52.4. The van der Waals surface area contributed by atoms with E-state index in [0.29, 0.717) is 35.8 Å². The third-order valence-electron chi connectivity index (χ3n) is 12.8. The highest BCUT2D eigenvalue weighted by molar-refractivity contribution is 6.99. The molecule has 0 radical (unpaired) electrons. The zero-order valence-corrected chi connectivity index (χ0v) is 45.2. The zero-order valence-electron chi connectivity index (χ0n) is 42.2. The summed E-state index contributed by atoms with van der Waals surface area (Å²) in [5.74, 6) is -0.130. The number of benzene rings is 3. The van der Waals surface area contributed by atoms with Crippen molar-refractivity contribution in [2.45, 2.75) is 155 Å². The van der Waals surface area contributed by atoms with Crippen molar-refractivity contribution in [1.29, 1.82) is 0 Å². The molecule has 0 saturated carbocycles. The van der Waals surface area contributed by atoms with Crippen LogP contribution in [0.25, 0.3) is 6.08 Å². The van der Waals surface area contributed by atoms with Crippen LogP contribution in [0.3, 0.4) is 0 Å². The fourth-order valence-corrected chi connectivity index (χ4v) is 14.8. The molecule has 1 saturated heterocycles. The second-order valence-corrected chi connectivity index (χ2v) is 36.4. The van der Waals surface area contributed by atoms with Crippen LogP contribution in [0.15, 0.2) is 85.0 Å². The molecule has 5 rings (SSSR count). The summed E-state index contributed by atoms with van der Waals surface area (Å²) in [6.45, 7) is 33.5. The van der Waals surface area contributed by atoms with Crippen LogP contribution in [0.1, 0.15) is 91.6 Å². The summed E-state index contributed by atoms with van der Waals surface area (Å²) >= 11 is 0. The summed E-state index contributed by atoms with van der Waals surface area (Å²) in [6.07, 6.45) is 7.34. The van der Waals surface area contributed by atoms with E-state index in [4.69, 9.17) is 42.0 Å². The van der Waals surface area contributed by atoms with Crippen LogP contribution < -0.4 is 24.6 Å². The molecule has 1 fully saturated rings. The summed E-state index contributed by atoms with van der Waals surface area (Å²) in [5.41, 5.74) is 0.764. The molecule has 2 heterocycles. The Balaban J connectivity index is 1.49. The Morgan fingerprint density at radius 1 is 0.846 bits per heavy atom. The molecule has 3 aromatic rings. The lowest BCUT2D eigenvalue weighted by Crippen LogP contribution is -2.67. The van der Waals surface area contributed by atoms with Crippen LogP contribution in [0.4, 0.5) is 0 Å². The maximum atomic E-state index is 13.9. The number of methoxy groups -OCH3 is 1. The molecule has 2 aliphatic rings. The van der Waals surface area contributed by atoms with Crippen LogP contribution in [0.5, 0.6) is 17.2 Å². The minimum atomic E-state index is -2.80. The Hall–Kier alpha value is -3.54. The van der Waals surface area contributed by atoms with Gasteiger partial charge in [0, 0.05) is 32.9 Å². The predicted octanol–water partition coefficient (Wildman–Crippen LogP) is 11.4. The summed E-state index contributed by atoms with van der Waals surface area (Å²) in [6, 6.07) is 24.1. The smallest absolute Gasteiger partial charge is 0.342 e. The van der Waals surface area contributed by atoms with Crippen molar-refractivity contribution in [1.82, 2.24) is 0 Å². The van der Waals surface area contributed by atoms with Gasteiger partial charge >= 0.3 is 5.97 Å². The van der Waals surface area contributed by atoms with Gasteiger partial charge in [0.15, 0.2) is 32.4 Å². The molecule has 0 spiro atoms. The standard InChI is InChI=1S/C52H78O10Si3/c1-37(38(2)61-65(51(6,7)8,39-24-19-17-20-25-39)40-26-21-18-22-27-40)30-31-43(62-64(15,16)50(3,4)5)48-42(59-52(9,10)60-48)29-23-28-41-46(49(53)55-32-33-63(12,13)14)44(56-35-54-11)34-45-47(41)58-36-57-45/h17-28,30-31,34,37-38,42-43,48H,29,32-33,35-36H2,1-16H3/b28-23+,31-30-/t37-,38-,42+,43?,48-/m0/s1. The number of hydrogen-bond donors (Lipinski definition) is 0. The van der Waals surface area contributed by atoms with Crippen LogP contribution in [-0.2, 0) is 27.8 Å². The van der Waals surface area contributed by atoms with Gasteiger partial charge in [0.05, 0.1) is 18.8 Å². The van der Waals surface area contributed by atoms with Gasteiger partial charge in [-0.25, -0.2) is 4.79 Å². The maximum absolute atomic E-state index is 13.9. The molecule has 10 nitrogen and oxygen atoms in total. The number of carbonyl (C=O) groups is 1. The van der Waals surface area contributed by atoms with Gasteiger partial charge in [-0.2, -0.15) is 0 Å². The number of rotatable bonds is 20. The normalized spacial score (nSPS) is 19.4. The second-order valence-electron chi connectivity index (χ2n) is 21.7. The van der Waals surface area contributed by atoms with Gasteiger partial charge in [-0.1, -0.05) is 153 Å². The Bertz CT molecular complexity index is 2040. The molecule has 1 unspecified atom stereocenters. The molecule has 0 bridgehead atoms. The summed E-state index contributed by atoms with van der Waals surface area (Å²) < 4.78 is 57.2. The van der Waals surface area contributed by atoms with Crippen LogP contribution in [0.2, 0.25) is 48.9 Å². The third kappa shape index (κ3) is 12.9. The quantitative estimate of drug-likeness (QED) is 0.0471. The Morgan fingerprint density at radius 3 is 2.02 bits per heavy atom. The molecular formula is C52H78O10Si3. The van der Waals surface area contributed by atoms with Crippen LogP contribution >= 0.6 is 0 Å². The monoisotopic (exact) mass is 946 g/mol. The first-order valence-corrected chi connectivity index (χ1v) is 31.8. The van der Waals surface area contributed by atoms with Crippen molar-refractivity contribution in [2.24, 2.45) is 5.92 Å². The summed E-state index contributed by atoms with van der Waals surface area (Å²) in [7, 11) is -5.09. The van der Waals surface area contributed by atoms with Gasteiger partial charge < -0.3 is 42.0 Å². The number of esters is 1. The topological polar surface area (TPSA) is 100 Å². The van der Waals surface area contributed by atoms with E-state index in [0.717, 1.165) is 6.04 Å². The molecule has 0 amide bonds. The molecule has 5 atom stereocenters. The van der Waals surface area contributed by atoms with Gasteiger partial charge in [0.1, 0.15) is 17.4 Å². The molecule has 13 heteroatoms. The van der Waals surface area contributed by atoms with Crippen molar-refractivity contribution in [2.75, 3.05) is 27.3 Å². The van der Waals surface area contributed by atoms with E-state index in [2.05, 4.69) is 161 Å². The minimum absolute atomic E-state index is 0.0165. The Labute approximate surface area is 393 Å². The van der Waals surface area contributed by atoms with Crippen LogP contribution in [0, 0.1) is 5.92 Å². The van der Waals surface area contributed by atoms with Crippen molar-refractivity contribution in [3.05, 3.63) is 96.1 Å². The Kier molecular flexibility index (Phi) is 17.1. The average molecular weight is 947 g/mol. The van der Waals surface area contributed by atoms with Crippen molar-refractivity contribution >= 4 is 47.1 Å². The highest BCUT2D eigenvalue weighted by atomic mass is 28.4. The van der Waals surface area contributed by atoms with E-state index in [-0.39, 0.29) is 41.2 Å². The number of fused-ring (bicyclic) bond motifs is 1. The third-order valence-corrected chi connectivity index (χ3v) is 24.2. The fourth-order valence-electron chi connectivity index (χ4n) is 8.07. The lowest BCUT2D eigenvalue weighted by molar-refractivity contribution is -0.151. The second kappa shape index (κ2) is 21.2. The van der Waals surface area contributed by atoms with Gasteiger partial charge in [-0.05, 0) is 72.7 Å². The van der Waals surface area contributed by atoms with Crippen LogP contribution in [-0.4, -0.2) is 88.2 Å². The van der Waals surface area contributed by atoms with E-state index in [9.17, 15) is 4.79 Å². The molecular weight excluding hydrogens is 869 g/mol. The molecule has 65 heavy (non-hydrogen) atoms. The number of hydrogen-bond acceptors (Lipinski definition) is 10. The molecule has 0 aromatic heterocycles. The van der Waals surface area contributed by atoms with Gasteiger partial charge in [0.2, 0.25) is 6.79 Å². The van der Waals surface area contributed by atoms with E-state index in [1.165, 1.54) is 17.5 Å². The molecule has 358 valence electrons. The zero-order chi connectivity index (χ0) is 48.0. The van der Waals surface area contributed by atoms with Crippen molar-refractivity contribution < 1.29 is 46.8 Å². The first-order valence-electron chi connectivity index (χ1n) is 23.2. The molecule has 0 aliphatic carbocycles. The number of ether oxygens (including phenoxy) is 7. The largest absolute Gasteiger partial charge is 0.466 e. The van der Waals surface area contributed by atoms with Gasteiger partial charge in [-0.15, -0.1) is 0 Å². The summed E-state index contributed by atoms with van der Waals surface area (Å²) in [4.78, 5) is 13.9. The summed E-state index contributed by atoms with van der Waals surface area (Å²) in [5, 5.41) is 2.28. The fraction of sp³-hybridized carbons (Fsp3) is 0.558. The lowest BCUT2D eigenvalue weighted by atomic mass is 9.99. The average Bonchev–Trinajstić information content (AvgIpc) is 3.82. The number of carbonyl (C=O) groups excluding carboxylic acids is 1. The van der Waals surface area contributed by atoms with Gasteiger partial charge in [0.25, 0.3) is 8.32 Å². The Morgan fingerprint density at radius 2 is 1.46 bits per heavy atom. The van der Waals surface area contributed by atoms with Crippen molar-refractivity contribution in [3.63, 3.8) is 0 Å². The lowest BCUT2D eigenvalue weighted by Gasteiger charge is -2.45. The predicted molar refractivity (Wildman–Crippen MR) is 270 cm³/mol. The molecule has 0 N–H and O–H groups in total. The minimum Gasteiger partial charge on any atom is -0.466 e. The SMILES string of the molecule is COCOc1cc2c(c(/C=C/C[C@H]3OC(C)(C)O[C@@H]3C(/C=C\[C@H](C)[C@H](C)O[Si](c3ccccc3)(c3ccccc3)C(C)(C)C)O[Si](C)(C)C(C)(C)C)c1C(=O)OCC[Si](C)(C)C)OCO2. The molecule has 2 aliphatic heterocycles. The highest BCUT2D eigenvalue weighted by Crippen LogP contribution is 2.45. The van der Waals surface area contributed by atoms with E-state index >= 15 is 0 Å². The van der Waals surface area contributed by atoms with Crippen molar-refractivity contribution in [3.8, 4) is 17.2 Å². The van der Waals surface area contributed by atoms with E-state index < -0.39 is 54.8 Å². The van der Waals surface area contributed by atoms with Gasteiger partial charge in [-0.3, -0.25) is 0 Å². The first-order chi connectivity index (χ1) is 30.3. The molecule has 3 aromatic carbocycles. The maximum Gasteiger partial charge on any atom is 0.342 e. The van der Waals surface area contributed by atoms with E-state index in [1.807, 2.05) is 26.0 Å². The highest BCUT2D eigenvalue weighted by Gasteiger charge is 2.52. The van der Waals surface area contributed by atoms with E-state index in [1.54, 1.807) is 6.07 Å².